The van der Waals surface area contributed by atoms with Crippen molar-refractivity contribution in [2.75, 3.05) is 0 Å². The zero-order valence-electron chi connectivity index (χ0n) is 12.8. The average Bonchev–Trinajstić information content (AvgIpc) is 3.15. The molecule has 0 aliphatic heterocycles. The van der Waals surface area contributed by atoms with Gasteiger partial charge in [0.1, 0.15) is 23.5 Å². The van der Waals surface area contributed by atoms with Crippen LogP contribution in [0, 0.1) is 18.3 Å². The van der Waals surface area contributed by atoms with Gasteiger partial charge in [-0.05, 0) is 37.3 Å². The minimum absolute atomic E-state index is 0.167. The van der Waals surface area contributed by atoms with Crippen molar-refractivity contribution in [3.63, 3.8) is 0 Å². The Kier molecular flexibility index (Phi) is 4.15. The van der Waals surface area contributed by atoms with Gasteiger partial charge in [-0.25, -0.2) is 0 Å². The molecule has 5 heteroatoms. The quantitative estimate of drug-likeness (QED) is 0.719. The molecule has 0 unspecified atom stereocenters. The first kappa shape index (κ1) is 14.9. The smallest absolute Gasteiger partial charge is 0.237 e. The minimum Gasteiger partial charge on any atom is -0.467 e. The molecule has 3 aromatic rings. The molecule has 5 nitrogen and oxygen atoms in total. The van der Waals surface area contributed by atoms with E-state index in [0.717, 1.165) is 16.5 Å². The van der Waals surface area contributed by atoms with Crippen LogP contribution in [0.3, 0.4) is 0 Å². The van der Waals surface area contributed by atoms with Crippen molar-refractivity contribution < 1.29 is 13.6 Å². The molecule has 0 radical (unpaired) electrons. The van der Waals surface area contributed by atoms with E-state index in [1.54, 1.807) is 23.3 Å². The Labute approximate surface area is 133 Å². The van der Waals surface area contributed by atoms with Crippen molar-refractivity contribution in [1.82, 2.24) is 4.90 Å². The van der Waals surface area contributed by atoms with Crippen molar-refractivity contribution in [3.8, 4) is 6.07 Å². The number of nitriles is 1. The van der Waals surface area contributed by atoms with Gasteiger partial charge in [-0.1, -0.05) is 11.6 Å². The fourth-order valence-electron chi connectivity index (χ4n) is 2.49. The highest BCUT2D eigenvalue weighted by Gasteiger charge is 2.17. The number of benzene rings is 1. The highest BCUT2D eigenvalue weighted by molar-refractivity contribution is 5.80. The fraction of sp³-hybridized carbons (Fsp3) is 0.222. The molecule has 0 saturated heterocycles. The first-order valence-electron chi connectivity index (χ1n) is 7.32. The zero-order valence-corrected chi connectivity index (χ0v) is 12.8. The Morgan fingerprint density at radius 2 is 2.04 bits per heavy atom. The molecule has 0 spiro atoms. The molecule has 0 aliphatic rings. The average molecular weight is 308 g/mol. The van der Waals surface area contributed by atoms with Crippen LogP contribution in [0.5, 0.6) is 0 Å². The number of amides is 1. The van der Waals surface area contributed by atoms with Crippen molar-refractivity contribution >= 4 is 16.9 Å². The molecule has 0 fully saturated rings. The summed E-state index contributed by atoms with van der Waals surface area (Å²) < 4.78 is 11.1. The third-order valence-corrected chi connectivity index (χ3v) is 3.58. The Balaban J connectivity index is 1.83. The molecular formula is C18H16N2O3. The van der Waals surface area contributed by atoms with Crippen LogP contribution in [0.4, 0.5) is 0 Å². The number of rotatable bonds is 5. The first-order chi connectivity index (χ1) is 11.2. The van der Waals surface area contributed by atoms with Gasteiger partial charge in [0.2, 0.25) is 5.91 Å². The van der Waals surface area contributed by atoms with Crippen LogP contribution >= 0.6 is 0 Å². The van der Waals surface area contributed by atoms with Crippen molar-refractivity contribution in [3.05, 3.63) is 59.7 Å². The second-order valence-electron chi connectivity index (χ2n) is 5.42. The molecule has 2 heterocycles. The molecular weight excluding hydrogens is 292 g/mol. The second-order valence-corrected chi connectivity index (χ2v) is 5.42. The van der Waals surface area contributed by atoms with Crippen LogP contribution in [-0.4, -0.2) is 10.8 Å². The molecule has 0 atom stereocenters. The van der Waals surface area contributed by atoms with Crippen molar-refractivity contribution in [1.29, 1.82) is 5.26 Å². The van der Waals surface area contributed by atoms with Gasteiger partial charge in [-0.2, -0.15) is 5.26 Å². The van der Waals surface area contributed by atoms with Gasteiger partial charge in [0.05, 0.1) is 25.4 Å². The van der Waals surface area contributed by atoms with Crippen molar-refractivity contribution in [2.45, 2.75) is 26.4 Å². The third kappa shape index (κ3) is 3.43. The summed E-state index contributed by atoms with van der Waals surface area (Å²) in [5, 5.41) is 9.78. The highest BCUT2D eigenvalue weighted by atomic mass is 16.3. The van der Waals surface area contributed by atoms with Gasteiger partial charge in [0, 0.05) is 5.39 Å². The number of aryl methyl sites for hydroxylation is 1. The monoisotopic (exact) mass is 308 g/mol. The van der Waals surface area contributed by atoms with E-state index < -0.39 is 0 Å². The van der Waals surface area contributed by atoms with Gasteiger partial charge >= 0.3 is 0 Å². The van der Waals surface area contributed by atoms with Gasteiger partial charge < -0.3 is 13.7 Å². The summed E-state index contributed by atoms with van der Waals surface area (Å²) in [5.41, 5.74) is 1.94. The number of fused-ring (bicyclic) bond motifs is 1. The normalized spacial score (nSPS) is 10.6. The Morgan fingerprint density at radius 1 is 1.22 bits per heavy atom. The largest absolute Gasteiger partial charge is 0.467 e. The lowest BCUT2D eigenvalue weighted by molar-refractivity contribution is -0.131. The molecule has 0 bridgehead atoms. The molecule has 116 valence electrons. The highest BCUT2D eigenvalue weighted by Crippen LogP contribution is 2.22. The van der Waals surface area contributed by atoms with Gasteiger partial charge in [0.25, 0.3) is 0 Å². The molecule has 2 aromatic heterocycles. The number of hydrogen-bond acceptors (Lipinski definition) is 4. The maximum absolute atomic E-state index is 12.2. The van der Waals surface area contributed by atoms with Crippen LogP contribution in [0.15, 0.2) is 51.5 Å². The molecule has 0 saturated carbocycles. The molecule has 23 heavy (non-hydrogen) atoms. The minimum atomic E-state index is -0.250. The standard InChI is InChI=1S/C18H16N2O3/c1-13-4-5-17-14(9-13)10-16(23-17)12-20(18(21)6-7-19)11-15-3-2-8-22-15/h2-5,8-10H,6,11-12H2,1H3. The van der Waals surface area contributed by atoms with Gasteiger partial charge in [-0.15, -0.1) is 0 Å². The number of carbonyl (C=O) groups excluding carboxylic acids is 1. The molecule has 1 amide bonds. The Hall–Kier alpha value is -3.00. The van der Waals surface area contributed by atoms with Gasteiger partial charge in [0.15, 0.2) is 0 Å². The lowest BCUT2D eigenvalue weighted by atomic mass is 10.2. The summed E-state index contributed by atoms with van der Waals surface area (Å²) >= 11 is 0. The zero-order chi connectivity index (χ0) is 16.2. The van der Waals surface area contributed by atoms with E-state index in [0.29, 0.717) is 24.6 Å². The summed E-state index contributed by atoms with van der Waals surface area (Å²) in [6, 6.07) is 13.3. The maximum atomic E-state index is 12.2. The van der Waals surface area contributed by atoms with E-state index in [4.69, 9.17) is 14.1 Å². The van der Waals surface area contributed by atoms with E-state index in [1.165, 1.54) is 0 Å². The number of hydrogen-bond donors (Lipinski definition) is 0. The molecule has 1 aromatic carbocycles. The third-order valence-electron chi connectivity index (χ3n) is 3.58. The lowest BCUT2D eigenvalue weighted by Crippen LogP contribution is -2.29. The number of nitrogens with zero attached hydrogens (tertiary/aromatic N) is 2. The second kappa shape index (κ2) is 6.41. The van der Waals surface area contributed by atoms with Crippen molar-refractivity contribution in [2.24, 2.45) is 0 Å². The topological polar surface area (TPSA) is 70.4 Å². The van der Waals surface area contributed by atoms with Gasteiger partial charge in [-0.3, -0.25) is 4.79 Å². The fourth-order valence-corrected chi connectivity index (χ4v) is 2.49. The number of furan rings is 2. The van der Waals surface area contributed by atoms with Crippen LogP contribution in [0.25, 0.3) is 11.0 Å². The lowest BCUT2D eigenvalue weighted by Gasteiger charge is -2.19. The Morgan fingerprint density at radius 3 is 2.78 bits per heavy atom. The van der Waals surface area contributed by atoms with Crippen LogP contribution < -0.4 is 0 Å². The summed E-state index contributed by atoms with van der Waals surface area (Å²) in [5.74, 6) is 1.10. The molecule has 0 aliphatic carbocycles. The van der Waals surface area contributed by atoms with E-state index in [1.807, 2.05) is 37.3 Å². The summed E-state index contributed by atoms with van der Waals surface area (Å²) in [7, 11) is 0. The Bertz CT molecular complexity index is 856. The predicted octanol–water partition coefficient (Wildman–Crippen LogP) is 3.78. The predicted molar refractivity (Wildman–Crippen MR) is 84.1 cm³/mol. The SMILES string of the molecule is Cc1ccc2oc(CN(Cc3ccco3)C(=O)CC#N)cc2c1. The van der Waals surface area contributed by atoms with E-state index in [9.17, 15) is 4.79 Å². The summed E-state index contributed by atoms with van der Waals surface area (Å²) in [4.78, 5) is 13.7. The van der Waals surface area contributed by atoms with E-state index in [2.05, 4.69) is 0 Å². The molecule has 0 N–H and O–H groups in total. The van der Waals surface area contributed by atoms with Crippen LogP contribution in [0.1, 0.15) is 23.5 Å². The first-order valence-corrected chi connectivity index (χ1v) is 7.32. The van der Waals surface area contributed by atoms with Crippen LogP contribution in [0.2, 0.25) is 0 Å². The van der Waals surface area contributed by atoms with Crippen LogP contribution in [-0.2, 0) is 17.9 Å². The van der Waals surface area contributed by atoms with E-state index >= 15 is 0 Å². The summed E-state index contributed by atoms with van der Waals surface area (Å²) in [6.07, 6.45) is 1.40. The maximum Gasteiger partial charge on any atom is 0.237 e. The molecule has 3 rings (SSSR count). The summed E-state index contributed by atoms with van der Waals surface area (Å²) in [6.45, 7) is 2.63. The number of carbonyl (C=O) groups is 1. The van der Waals surface area contributed by atoms with E-state index in [-0.39, 0.29) is 12.3 Å².